The van der Waals surface area contributed by atoms with Gasteiger partial charge in [-0.25, -0.2) is 14.4 Å². The van der Waals surface area contributed by atoms with Crippen molar-refractivity contribution in [1.82, 2.24) is 15.0 Å². The maximum absolute atomic E-state index is 13.8. The van der Waals surface area contributed by atoms with Gasteiger partial charge in [-0.3, -0.25) is 0 Å². The molecular weight excluding hydrogens is 321 g/mol. The normalized spacial score (nSPS) is 11.1. The van der Waals surface area contributed by atoms with Gasteiger partial charge in [0.15, 0.2) is 5.82 Å². The van der Waals surface area contributed by atoms with Crippen molar-refractivity contribution in [3.8, 4) is 11.3 Å². The summed E-state index contributed by atoms with van der Waals surface area (Å²) < 4.78 is 14.7. The monoisotopic (exact) mass is 325 g/mol. The first-order valence-electron chi connectivity index (χ1n) is 5.11. The van der Waals surface area contributed by atoms with Gasteiger partial charge in [0.1, 0.15) is 5.69 Å². The summed E-state index contributed by atoms with van der Waals surface area (Å²) in [5.74, 6) is -0.500. The molecule has 0 fully saturated rings. The predicted octanol–water partition coefficient (Wildman–Crippen LogP) is 4.18. The number of fused-ring (bicyclic) bond motifs is 1. The molecule has 0 bridgehead atoms. The van der Waals surface area contributed by atoms with Crippen LogP contribution in [0.4, 0.5) is 4.39 Å². The van der Waals surface area contributed by atoms with Crippen LogP contribution in [0.3, 0.4) is 0 Å². The molecule has 0 amide bonds. The molecular formula is C12H6BrClFN3. The molecule has 0 aliphatic heterocycles. The Labute approximate surface area is 115 Å². The molecule has 3 nitrogen and oxygen atoms in total. The third-order valence-electron chi connectivity index (χ3n) is 2.63. The van der Waals surface area contributed by atoms with Gasteiger partial charge in [-0.2, -0.15) is 0 Å². The fourth-order valence-electron chi connectivity index (χ4n) is 1.85. The number of nitrogens with zero attached hydrogens (tertiary/aromatic N) is 2. The Kier molecular flexibility index (Phi) is 2.80. The first-order valence-corrected chi connectivity index (χ1v) is 6.28. The van der Waals surface area contributed by atoms with Crippen LogP contribution in [0.2, 0.25) is 5.28 Å². The van der Waals surface area contributed by atoms with Crippen LogP contribution in [-0.2, 0) is 0 Å². The van der Waals surface area contributed by atoms with Crippen molar-refractivity contribution < 1.29 is 4.39 Å². The topological polar surface area (TPSA) is 41.6 Å². The largest absolute Gasteiger partial charge is 0.360 e. The molecule has 0 saturated heterocycles. The van der Waals surface area contributed by atoms with Crippen molar-refractivity contribution in [3.05, 3.63) is 46.2 Å². The minimum Gasteiger partial charge on any atom is -0.360 e. The lowest BCUT2D eigenvalue weighted by Crippen LogP contribution is -1.91. The molecule has 6 heteroatoms. The van der Waals surface area contributed by atoms with Crippen LogP contribution in [-0.4, -0.2) is 15.0 Å². The minimum absolute atomic E-state index is 0.0238. The highest BCUT2D eigenvalue weighted by Gasteiger charge is 2.14. The molecule has 2 heterocycles. The zero-order chi connectivity index (χ0) is 12.7. The summed E-state index contributed by atoms with van der Waals surface area (Å²) in [6.07, 6.45) is 2.78. The van der Waals surface area contributed by atoms with E-state index in [1.807, 2.05) is 18.2 Å². The summed E-state index contributed by atoms with van der Waals surface area (Å²) in [7, 11) is 0. The number of rotatable bonds is 1. The van der Waals surface area contributed by atoms with Gasteiger partial charge in [-0.15, -0.1) is 0 Å². The van der Waals surface area contributed by atoms with Crippen LogP contribution in [0.5, 0.6) is 0 Å². The average Bonchev–Trinajstić information content (AvgIpc) is 2.77. The molecule has 0 unspecified atom stereocenters. The van der Waals surface area contributed by atoms with E-state index in [1.54, 1.807) is 6.20 Å². The quantitative estimate of drug-likeness (QED) is 0.682. The molecule has 0 spiro atoms. The van der Waals surface area contributed by atoms with Crippen LogP contribution in [0.25, 0.3) is 22.2 Å². The van der Waals surface area contributed by atoms with Crippen LogP contribution in [0, 0.1) is 5.82 Å². The summed E-state index contributed by atoms with van der Waals surface area (Å²) in [6.45, 7) is 0. The predicted molar refractivity (Wildman–Crippen MR) is 72.0 cm³/mol. The number of nitrogens with one attached hydrogen (secondary N) is 1. The molecule has 0 aliphatic carbocycles. The smallest absolute Gasteiger partial charge is 0.223 e. The molecule has 2 aromatic heterocycles. The number of hydrogen-bond acceptors (Lipinski definition) is 2. The van der Waals surface area contributed by atoms with Gasteiger partial charge in [0.2, 0.25) is 5.28 Å². The van der Waals surface area contributed by atoms with Gasteiger partial charge in [-0.1, -0.05) is 12.1 Å². The van der Waals surface area contributed by atoms with Gasteiger partial charge in [-0.05, 0) is 33.6 Å². The van der Waals surface area contributed by atoms with Crippen LogP contribution < -0.4 is 0 Å². The van der Waals surface area contributed by atoms with E-state index in [2.05, 4.69) is 30.9 Å². The second-order valence-electron chi connectivity index (χ2n) is 3.70. The summed E-state index contributed by atoms with van der Waals surface area (Å²) in [4.78, 5) is 10.6. The van der Waals surface area contributed by atoms with E-state index in [1.165, 1.54) is 0 Å². The Hall–Kier alpha value is -1.46. The Bertz CT molecular complexity index is 741. The van der Waals surface area contributed by atoms with Gasteiger partial charge in [0.05, 0.1) is 11.7 Å². The number of hydrogen-bond donors (Lipinski definition) is 1. The number of aromatic amines is 1. The number of para-hydroxylation sites is 1. The van der Waals surface area contributed by atoms with Gasteiger partial charge < -0.3 is 4.98 Å². The zero-order valence-corrected chi connectivity index (χ0v) is 11.3. The molecule has 90 valence electrons. The minimum atomic E-state index is -0.500. The van der Waals surface area contributed by atoms with E-state index >= 15 is 0 Å². The van der Waals surface area contributed by atoms with Crippen molar-refractivity contribution in [3.63, 3.8) is 0 Å². The molecule has 3 aromatic rings. The lowest BCUT2D eigenvalue weighted by atomic mass is 10.1. The van der Waals surface area contributed by atoms with E-state index in [-0.39, 0.29) is 11.0 Å². The van der Waals surface area contributed by atoms with Crippen LogP contribution in [0.15, 0.2) is 35.1 Å². The molecule has 0 saturated carbocycles. The summed E-state index contributed by atoms with van der Waals surface area (Å²) in [5, 5.41) is 0.897. The highest BCUT2D eigenvalue weighted by molar-refractivity contribution is 9.10. The summed E-state index contributed by atoms with van der Waals surface area (Å²) >= 11 is 9.14. The second-order valence-corrected chi connectivity index (χ2v) is 4.89. The van der Waals surface area contributed by atoms with E-state index in [9.17, 15) is 4.39 Å². The third kappa shape index (κ3) is 1.79. The molecule has 18 heavy (non-hydrogen) atoms. The lowest BCUT2D eigenvalue weighted by molar-refractivity contribution is 0.618. The van der Waals surface area contributed by atoms with Crippen LogP contribution >= 0.6 is 27.5 Å². The van der Waals surface area contributed by atoms with Gasteiger partial charge >= 0.3 is 0 Å². The van der Waals surface area contributed by atoms with E-state index in [0.29, 0.717) is 5.56 Å². The Balaban J connectivity index is 2.32. The fourth-order valence-corrected chi connectivity index (χ4v) is 2.46. The Morgan fingerprint density at radius 1 is 1.33 bits per heavy atom. The van der Waals surface area contributed by atoms with E-state index in [4.69, 9.17) is 11.6 Å². The maximum Gasteiger partial charge on any atom is 0.223 e. The number of H-pyrrole nitrogens is 1. The Morgan fingerprint density at radius 3 is 3.00 bits per heavy atom. The highest BCUT2D eigenvalue weighted by atomic mass is 79.9. The number of aromatic nitrogens is 3. The van der Waals surface area contributed by atoms with E-state index in [0.717, 1.165) is 21.6 Å². The zero-order valence-electron chi connectivity index (χ0n) is 8.92. The first kappa shape index (κ1) is 11.6. The first-order chi connectivity index (χ1) is 8.66. The Morgan fingerprint density at radius 2 is 2.17 bits per heavy atom. The van der Waals surface area contributed by atoms with Crippen molar-refractivity contribution in [2.45, 2.75) is 0 Å². The lowest BCUT2D eigenvalue weighted by Gasteiger charge is -2.01. The summed E-state index contributed by atoms with van der Waals surface area (Å²) in [6, 6.07) is 5.68. The van der Waals surface area contributed by atoms with Crippen molar-refractivity contribution in [2.75, 3.05) is 0 Å². The molecule has 0 radical (unpaired) electrons. The number of halogens is 3. The highest BCUT2D eigenvalue weighted by Crippen LogP contribution is 2.32. The van der Waals surface area contributed by atoms with Crippen molar-refractivity contribution in [2.24, 2.45) is 0 Å². The molecule has 1 N–H and O–H groups in total. The SMILES string of the molecule is Fc1cnc(Cl)nc1-c1c[nH]c2c(Br)cccc12. The average molecular weight is 327 g/mol. The third-order valence-corrected chi connectivity index (χ3v) is 3.48. The van der Waals surface area contributed by atoms with Crippen molar-refractivity contribution in [1.29, 1.82) is 0 Å². The maximum atomic E-state index is 13.8. The van der Waals surface area contributed by atoms with Crippen molar-refractivity contribution >= 4 is 38.4 Å². The standard InChI is InChI=1S/C12H6BrClFN3/c13-8-3-1-2-6-7(4-16-10(6)8)11-9(15)5-17-12(14)18-11/h1-5,16H. The van der Waals surface area contributed by atoms with Gasteiger partial charge in [0, 0.05) is 21.6 Å². The number of benzene rings is 1. The fraction of sp³-hybridized carbons (Fsp3) is 0. The molecule has 1 aromatic carbocycles. The van der Waals surface area contributed by atoms with Crippen LogP contribution in [0.1, 0.15) is 0 Å². The summed E-state index contributed by atoms with van der Waals surface area (Å²) in [5.41, 5.74) is 1.74. The second kappa shape index (κ2) is 4.33. The molecule has 0 aliphatic rings. The van der Waals surface area contributed by atoms with E-state index < -0.39 is 5.82 Å². The molecule has 0 atom stereocenters. The van der Waals surface area contributed by atoms with Gasteiger partial charge in [0.25, 0.3) is 0 Å². The molecule has 3 rings (SSSR count).